The summed E-state index contributed by atoms with van der Waals surface area (Å²) in [4.78, 5) is 0. The smallest absolute Gasteiger partial charge is 0.333 e. The van der Waals surface area contributed by atoms with Crippen LogP contribution in [0.25, 0.3) is 82.7 Å². The monoisotopic (exact) mass is 764 g/mol. The molecule has 0 spiro atoms. The number of hydrogen-bond donors (Lipinski definition) is 0. The number of aryl methyl sites for hydroxylation is 2. The molecule has 0 aliphatic carbocycles. The molecule has 0 saturated carbocycles. The summed E-state index contributed by atoms with van der Waals surface area (Å²) in [7, 11) is 0. The van der Waals surface area contributed by atoms with Crippen molar-refractivity contribution in [3.63, 3.8) is 0 Å². The zero-order valence-electron chi connectivity index (χ0n) is 36.5. The van der Waals surface area contributed by atoms with Crippen molar-refractivity contribution >= 4 is 61.4 Å². The largest absolute Gasteiger partial charge is 0.375 e. The lowest BCUT2D eigenvalue weighted by Crippen LogP contribution is -2.55. The summed E-state index contributed by atoms with van der Waals surface area (Å²) in [5, 5.41) is 5.32. The van der Waals surface area contributed by atoms with Gasteiger partial charge in [-0.2, -0.15) is 0 Å². The Labute approximate surface area is 349 Å². The summed E-state index contributed by atoms with van der Waals surface area (Å²) in [6, 6.07) is 47.8. The van der Waals surface area contributed by atoms with E-state index in [2.05, 4.69) is 207 Å². The Hall–Kier alpha value is -5.80. The lowest BCUT2D eigenvalue weighted by atomic mass is 9.45. The van der Waals surface area contributed by atoms with Gasteiger partial charge in [0.1, 0.15) is 0 Å². The number of benzene rings is 7. The first kappa shape index (κ1) is 36.3. The zero-order valence-corrected chi connectivity index (χ0v) is 36.5. The molecule has 0 atom stereocenters. The summed E-state index contributed by atoms with van der Waals surface area (Å²) in [6.45, 7) is 25.6. The molecular weight excluding hydrogens is 711 g/mol. The molecule has 0 N–H and O–H groups in total. The molecule has 2 aromatic heterocycles. The van der Waals surface area contributed by atoms with Crippen molar-refractivity contribution in [2.45, 2.75) is 92.4 Å². The van der Waals surface area contributed by atoms with Crippen LogP contribution in [0.2, 0.25) is 0 Å². The number of aromatic nitrogens is 2. The minimum atomic E-state index is -0.0518. The van der Waals surface area contributed by atoms with Crippen molar-refractivity contribution in [1.29, 1.82) is 0 Å². The Morgan fingerprint density at radius 2 is 0.915 bits per heavy atom. The molecule has 2 aliphatic heterocycles. The fourth-order valence-electron chi connectivity index (χ4n) is 10.2. The molecule has 0 unspecified atom stereocenters. The molecule has 0 fully saturated rings. The van der Waals surface area contributed by atoms with Crippen LogP contribution in [0.1, 0.15) is 90.1 Å². The third-order valence-electron chi connectivity index (χ3n) is 13.7. The average Bonchev–Trinajstić information content (AvgIpc) is 3.70. The first-order valence-corrected chi connectivity index (χ1v) is 21.5. The Kier molecular flexibility index (Phi) is 7.33. The molecule has 2 aliphatic rings. The van der Waals surface area contributed by atoms with E-state index < -0.39 is 0 Å². The van der Waals surface area contributed by atoms with Gasteiger partial charge in [0, 0.05) is 43.8 Å². The van der Waals surface area contributed by atoms with Crippen molar-refractivity contribution in [3.8, 4) is 39.1 Å². The topological polar surface area (TPSA) is 9.86 Å². The van der Waals surface area contributed by atoms with Crippen LogP contribution in [0.4, 0.5) is 0 Å². The summed E-state index contributed by atoms with van der Waals surface area (Å²) < 4.78 is 5.38. The van der Waals surface area contributed by atoms with E-state index in [1.54, 1.807) is 0 Å². The molecule has 290 valence electrons. The van der Waals surface area contributed by atoms with Gasteiger partial charge in [-0.15, -0.1) is 0 Å². The van der Waals surface area contributed by atoms with Crippen molar-refractivity contribution in [3.05, 3.63) is 149 Å². The van der Waals surface area contributed by atoms with Crippen LogP contribution in [0.15, 0.2) is 121 Å². The average molecular weight is 765 g/mol. The Bertz CT molecular complexity index is 3260. The van der Waals surface area contributed by atoms with Crippen LogP contribution in [0, 0.1) is 13.8 Å². The fraction of sp³-hybridized carbons (Fsp3) is 0.250. The normalized spacial score (nSPS) is 13.6. The van der Waals surface area contributed by atoms with E-state index in [1.807, 2.05) is 0 Å². The Morgan fingerprint density at radius 1 is 0.407 bits per heavy atom. The third-order valence-corrected chi connectivity index (χ3v) is 13.7. The molecule has 0 amide bonds. The maximum absolute atomic E-state index is 2.74. The third kappa shape index (κ3) is 5.26. The SMILES string of the molecule is Cc1ccc(-c2ccc3c(c2)c2cc(-c4ccc(C)cc4)cc4c2n3-c2cc(C(C)(C)C)cc3c2B4n2c4ccc(C(C)(C)C)cc4c4cc(C(C)(C)C)cc-3c42)cc1. The summed E-state index contributed by atoms with van der Waals surface area (Å²) in [6.07, 6.45) is 0. The van der Waals surface area contributed by atoms with Gasteiger partial charge in [0.2, 0.25) is 0 Å². The quantitative estimate of drug-likeness (QED) is 0.155. The van der Waals surface area contributed by atoms with Gasteiger partial charge < -0.3 is 9.05 Å². The van der Waals surface area contributed by atoms with E-state index in [4.69, 9.17) is 0 Å². The van der Waals surface area contributed by atoms with Crippen molar-refractivity contribution < 1.29 is 0 Å². The van der Waals surface area contributed by atoms with Crippen molar-refractivity contribution in [2.75, 3.05) is 0 Å². The summed E-state index contributed by atoms with van der Waals surface area (Å²) in [5.74, 6) is 0. The van der Waals surface area contributed by atoms with E-state index in [1.165, 1.54) is 121 Å². The van der Waals surface area contributed by atoms with Crippen LogP contribution in [0.3, 0.4) is 0 Å². The maximum Gasteiger partial charge on any atom is 0.333 e. The molecule has 11 rings (SSSR count). The number of hydrogen-bond acceptors (Lipinski definition) is 0. The lowest BCUT2D eigenvalue weighted by molar-refractivity contribution is 0.589. The molecule has 0 saturated heterocycles. The van der Waals surface area contributed by atoms with E-state index in [0.29, 0.717) is 0 Å². The molecule has 3 heteroatoms. The van der Waals surface area contributed by atoms with Gasteiger partial charge in [0.25, 0.3) is 0 Å². The zero-order chi connectivity index (χ0) is 41.1. The Balaban J connectivity index is 1.35. The second-order valence-corrected chi connectivity index (χ2v) is 20.9. The highest BCUT2D eigenvalue weighted by Gasteiger charge is 2.43. The molecule has 7 aromatic carbocycles. The standard InChI is InChI=1S/C56H53BN2/c1-32-12-16-34(17-13-32)36-20-22-48-41(24-36)44-25-37(35-18-14-33(2)15-19-35)26-47-53(44)58(48)50-31-40(56(9,10)11)28-43-46-30-39(55(6,7)8)29-45-42-27-38(54(3,4)5)21-23-49(42)59(52(45)46)57(47)51(43)50/h12-31H,1-11H3. The van der Waals surface area contributed by atoms with Crippen LogP contribution in [0.5, 0.6) is 0 Å². The molecule has 0 radical (unpaired) electrons. The van der Waals surface area contributed by atoms with Gasteiger partial charge in [-0.3, -0.25) is 0 Å². The highest BCUT2D eigenvalue weighted by molar-refractivity contribution is 6.90. The van der Waals surface area contributed by atoms with Crippen LogP contribution < -0.4 is 10.9 Å². The second kappa shape index (κ2) is 11.9. The van der Waals surface area contributed by atoms with E-state index in [9.17, 15) is 0 Å². The van der Waals surface area contributed by atoms with E-state index in [0.717, 1.165) is 0 Å². The van der Waals surface area contributed by atoms with Crippen LogP contribution in [-0.4, -0.2) is 15.9 Å². The van der Waals surface area contributed by atoms with Crippen LogP contribution in [-0.2, 0) is 16.2 Å². The van der Waals surface area contributed by atoms with Gasteiger partial charge in [-0.05, 0) is 134 Å². The molecular formula is C56H53BN2. The van der Waals surface area contributed by atoms with Gasteiger partial charge in [0.15, 0.2) is 0 Å². The first-order chi connectivity index (χ1) is 28.0. The van der Waals surface area contributed by atoms with E-state index >= 15 is 0 Å². The van der Waals surface area contributed by atoms with Gasteiger partial charge in [-0.1, -0.05) is 146 Å². The molecule has 2 nitrogen and oxygen atoms in total. The van der Waals surface area contributed by atoms with Gasteiger partial charge in [0.05, 0.1) is 11.0 Å². The molecule has 4 heterocycles. The molecule has 0 bridgehead atoms. The van der Waals surface area contributed by atoms with Crippen molar-refractivity contribution in [2.24, 2.45) is 0 Å². The number of fused-ring (bicyclic) bond motifs is 10. The minimum Gasteiger partial charge on any atom is -0.375 e. The molecule has 9 aromatic rings. The summed E-state index contributed by atoms with van der Waals surface area (Å²) >= 11 is 0. The Morgan fingerprint density at radius 3 is 1.56 bits per heavy atom. The van der Waals surface area contributed by atoms with Gasteiger partial charge >= 0.3 is 6.85 Å². The van der Waals surface area contributed by atoms with E-state index in [-0.39, 0.29) is 23.1 Å². The predicted molar refractivity (Wildman–Crippen MR) is 256 cm³/mol. The fourth-order valence-corrected chi connectivity index (χ4v) is 10.2. The highest BCUT2D eigenvalue weighted by atomic mass is 15.0. The second-order valence-electron chi connectivity index (χ2n) is 20.9. The number of rotatable bonds is 2. The highest BCUT2D eigenvalue weighted by Crippen LogP contribution is 2.47. The van der Waals surface area contributed by atoms with Crippen LogP contribution >= 0.6 is 0 Å². The predicted octanol–water partition coefficient (Wildman–Crippen LogP) is 13.7. The maximum atomic E-state index is 2.74. The lowest BCUT2D eigenvalue weighted by Gasteiger charge is -2.36. The summed E-state index contributed by atoms with van der Waals surface area (Å²) in [5.41, 5.74) is 23.7. The first-order valence-electron chi connectivity index (χ1n) is 21.5. The molecule has 59 heavy (non-hydrogen) atoms. The van der Waals surface area contributed by atoms with Gasteiger partial charge in [-0.25, -0.2) is 0 Å². The van der Waals surface area contributed by atoms with Crippen molar-refractivity contribution in [1.82, 2.24) is 9.05 Å². The number of nitrogens with zero attached hydrogens (tertiary/aromatic N) is 2. The minimum absolute atomic E-state index is 0.0104.